The molecule has 0 spiro atoms. The van der Waals surface area contributed by atoms with E-state index >= 15 is 0 Å². The number of hydrogen-bond donors (Lipinski definition) is 2. The van der Waals surface area contributed by atoms with E-state index in [9.17, 15) is 4.79 Å². The van der Waals surface area contributed by atoms with E-state index in [1.807, 2.05) is 57.3 Å². The molecule has 0 bridgehead atoms. The SMILES string of the molecule is CCn1cccc1[C@@H]1[C@H](c2ccccn2)NC(=S)N1c1ccc(NC(=O)C(C)C)c(C)c1. The maximum absolute atomic E-state index is 12.2. The summed E-state index contributed by atoms with van der Waals surface area (Å²) >= 11 is 5.82. The number of nitrogens with one attached hydrogen (secondary N) is 2. The summed E-state index contributed by atoms with van der Waals surface area (Å²) in [6.07, 6.45) is 3.91. The Morgan fingerprint density at radius 1 is 1.22 bits per heavy atom. The summed E-state index contributed by atoms with van der Waals surface area (Å²) < 4.78 is 2.24. The first kappa shape index (κ1) is 22.0. The van der Waals surface area contributed by atoms with Gasteiger partial charge in [-0.25, -0.2) is 0 Å². The minimum atomic E-state index is -0.0791. The smallest absolute Gasteiger partial charge is 0.226 e. The van der Waals surface area contributed by atoms with Gasteiger partial charge in [0.15, 0.2) is 5.11 Å². The van der Waals surface area contributed by atoms with Crippen LogP contribution in [0.1, 0.15) is 49.8 Å². The van der Waals surface area contributed by atoms with Crippen LogP contribution < -0.4 is 15.5 Å². The quantitative estimate of drug-likeness (QED) is 0.522. The predicted octanol–water partition coefficient (Wildman–Crippen LogP) is 4.98. The fraction of sp³-hybridized carbons (Fsp3) is 0.320. The zero-order valence-electron chi connectivity index (χ0n) is 18.9. The van der Waals surface area contributed by atoms with Crippen molar-refractivity contribution in [1.82, 2.24) is 14.9 Å². The van der Waals surface area contributed by atoms with Crippen LogP contribution in [-0.4, -0.2) is 20.6 Å². The summed E-state index contributed by atoms with van der Waals surface area (Å²) in [6, 6.07) is 16.1. The van der Waals surface area contributed by atoms with Crippen LogP contribution in [0.5, 0.6) is 0 Å². The molecule has 166 valence electrons. The fourth-order valence-corrected chi connectivity index (χ4v) is 4.48. The molecule has 1 aromatic carbocycles. The standard InChI is InChI=1S/C25H29N5OS/c1-5-29-14-8-10-21(29)23-22(20-9-6-7-13-26-20)28-25(32)30(23)18-11-12-19(17(4)15-18)27-24(31)16(2)3/h6-16,22-23H,5H2,1-4H3,(H,27,31)(H,28,32)/t22-,23+/m0/s1. The molecule has 1 aliphatic heterocycles. The molecule has 1 fully saturated rings. The zero-order chi connectivity index (χ0) is 22.8. The van der Waals surface area contributed by atoms with Gasteiger partial charge in [0.05, 0.1) is 11.7 Å². The second kappa shape index (κ2) is 9.12. The van der Waals surface area contributed by atoms with Gasteiger partial charge in [0.25, 0.3) is 0 Å². The van der Waals surface area contributed by atoms with Crippen molar-refractivity contribution >= 4 is 34.6 Å². The molecule has 3 aromatic rings. The highest BCUT2D eigenvalue weighted by Crippen LogP contribution is 2.42. The summed E-state index contributed by atoms with van der Waals surface area (Å²) in [7, 11) is 0. The summed E-state index contributed by atoms with van der Waals surface area (Å²) in [6.45, 7) is 8.79. The molecular weight excluding hydrogens is 418 g/mol. The van der Waals surface area contributed by atoms with Crippen molar-refractivity contribution in [3.05, 3.63) is 77.9 Å². The van der Waals surface area contributed by atoms with Gasteiger partial charge in [0.2, 0.25) is 5.91 Å². The summed E-state index contributed by atoms with van der Waals surface area (Å²) in [4.78, 5) is 19.0. The third-order valence-corrected chi connectivity index (χ3v) is 6.19. The first-order valence-electron chi connectivity index (χ1n) is 11.0. The molecule has 0 aliphatic carbocycles. The van der Waals surface area contributed by atoms with Gasteiger partial charge in [-0.05, 0) is 74.1 Å². The fourth-order valence-electron chi connectivity index (χ4n) is 4.13. The topological polar surface area (TPSA) is 62.2 Å². The van der Waals surface area contributed by atoms with E-state index in [1.165, 1.54) is 5.69 Å². The Morgan fingerprint density at radius 3 is 2.69 bits per heavy atom. The Labute approximate surface area is 194 Å². The molecule has 4 rings (SSSR count). The first-order chi connectivity index (χ1) is 15.4. The van der Waals surface area contributed by atoms with Crippen LogP contribution in [-0.2, 0) is 11.3 Å². The maximum Gasteiger partial charge on any atom is 0.226 e. The van der Waals surface area contributed by atoms with Gasteiger partial charge >= 0.3 is 0 Å². The number of anilines is 2. The van der Waals surface area contributed by atoms with Crippen molar-refractivity contribution in [2.24, 2.45) is 5.92 Å². The Hall–Kier alpha value is -3.19. The first-order valence-corrected chi connectivity index (χ1v) is 11.4. The van der Waals surface area contributed by atoms with Crippen molar-refractivity contribution in [3.63, 3.8) is 0 Å². The van der Waals surface area contributed by atoms with Crippen LogP contribution in [0.3, 0.4) is 0 Å². The molecule has 7 heteroatoms. The van der Waals surface area contributed by atoms with Gasteiger partial charge in [-0.1, -0.05) is 19.9 Å². The van der Waals surface area contributed by atoms with Gasteiger partial charge < -0.3 is 20.1 Å². The lowest BCUT2D eigenvalue weighted by atomic mass is 10.0. The molecule has 1 aliphatic rings. The minimum absolute atomic E-state index is 0.00748. The van der Waals surface area contributed by atoms with Gasteiger partial charge in [0.1, 0.15) is 6.04 Å². The van der Waals surface area contributed by atoms with Crippen LogP contribution in [0.25, 0.3) is 0 Å². The molecule has 2 atom stereocenters. The average molecular weight is 448 g/mol. The number of rotatable bonds is 6. The van der Waals surface area contributed by atoms with Crippen LogP contribution in [0, 0.1) is 12.8 Å². The number of carbonyl (C=O) groups excluding carboxylic acids is 1. The molecule has 2 aromatic heterocycles. The highest BCUT2D eigenvalue weighted by atomic mass is 32.1. The summed E-state index contributed by atoms with van der Waals surface area (Å²) in [5.41, 5.74) is 4.91. The Balaban J connectivity index is 1.75. The average Bonchev–Trinajstić information content (AvgIpc) is 3.39. The number of benzene rings is 1. The Morgan fingerprint density at radius 2 is 2.03 bits per heavy atom. The second-order valence-corrected chi connectivity index (χ2v) is 8.75. The lowest BCUT2D eigenvalue weighted by Gasteiger charge is -2.29. The number of nitrogens with zero attached hydrogens (tertiary/aromatic N) is 3. The predicted molar refractivity (Wildman–Crippen MR) is 133 cm³/mol. The molecule has 2 N–H and O–H groups in total. The largest absolute Gasteiger partial charge is 0.351 e. The lowest BCUT2D eigenvalue weighted by Crippen LogP contribution is -2.30. The number of thiocarbonyl (C=S) groups is 1. The number of pyridine rings is 1. The van der Waals surface area contributed by atoms with E-state index in [2.05, 4.69) is 56.4 Å². The van der Waals surface area contributed by atoms with Crippen LogP contribution in [0.4, 0.5) is 11.4 Å². The van der Waals surface area contributed by atoms with Gasteiger partial charge in [-0.2, -0.15) is 0 Å². The van der Waals surface area contributed by atoms with E-state index in [-0.39, 0.29) is 23.9 Å². The van der Waals surface area contributed by atoms with Crippen LogP contribution in [0.15, 0.2) is 60.9 Å². The van der Waals surface area contributed by atoms with E-state index < -0.39 is 0 Å². The Kier molecular flexibility index (Phi) is 6.28. The number of aryl methyl sites for hydroxylation is 2. The highest BCUT2D eigenvalue weighted by molar-refractivity contribution is 7.80. The van der Waals surface area contributed by atoms with Crippen LogP contribution in [0.2, 0.25) is 0 Å². The molecule has 1 amide bonds. The van der Waals surface area contributed by atoms with Gasteiger partial charge in [-0.3, -0.25) is 9.78 Å². The van der Waals surface area contributed by atoms with Crippen molar-refractivity contribution in [3.8, 4) is 0 Å². The normalized spacial score (nSPS) is 18.2. The van der Waals surface area contributed by atoms with Gasteiger partial charge in [-0.15, -0.1) is 0 Å². The second-order valence-electron chi connectivity index (χ2n) is 8.36. The minimum Gasteiger partial charge on any atom is -0.351 e. The third kappa shape index (κ3) is 4.12. The molecule has 0 saturated carbocycles. The van der Waals surface area contributed by atoms with E-state index in [0.29, 0.717) is 5.11 Å². The van der Waals surface area contributed by atoms with E-state index in [4.69, 9.17) is 12.2 Å². The summed E-state index contributed by atoms with van der Waals surface area (Å²) in [5.74, 6) is -0.0668. The van der Waals surface area contributed by atoms with Crippen LogP contribution >= 0.6 is 12.2 Å². The molecule has 0 radical (unpaired) electrons. The van der Waals surface area contributed by atoms with Crippen molar-refractivity contribution in [2.75, 3.05) is 10.2 Å². The number of hydrogen-bond acceptors (Lipinski definition) is 3. The third-order valence-electron chi connectivity index (χ3n) is 5.88. The molecular formula is C25H29N5OS. The molecule has 6 nitrogen and oxygen atoms in total. The maximum atomic E-state index is 12.2. The van der Waals surface area contributed by atoms with Gasteiger partial charge in [0, 0.05) is 41.9 Å². The molecule has 32 heavy (non-hydrogen) atoms. The van der Waals surface area contributed by atoms with Crippen molar-refractivity contribution in [2.45, 2.75) is 46.3 Å². The Bertz CT molecular complexity index is 1120. The zero-order valence-corrected chi connectivity index (χ0v) is 19.7. The molecule has 0 unspecified atom stereocenters. The number of aromatic nitrogens is 2. The highest BCUT2D eigenvalue weighted by Gasteiger charge is 2.42. The molecule has 1 saturated heterocycles. The lowest BCUT2D eigenvalue weighted by molar-refractivity contribution is -0.118. The number of amides is 1. The molecule has 3 heterocycles. The van der Waals surface area contributed by atoms with Crippen molar-refractivity contribution in [1.29, 1.82) is 0 Å². The van der Waals surface area contributed by atoms with E-state index in [0.717, 1.165) is 29.2 Å². The van der Waals surface area contributed by atoms with E-state index in [1.54, 1.807) is 0 Å². The monoisotopic (exact) mass is 447 g/mol. The van der Waals surface area contributed by atoms with Crippen molar-refractivity contribution < 1.29 is 4.79 Å². The number of carbonyl (C=O) groups is 1. The summed E-state index contributed by atoms with van der Waals surface area (Å²) in [5, 5.41) is 7.17.